The van der Waals surface area contributed by atoms with Gasteiger partial charge in [0, 0.05) is 12.1 Å². The summed E-state index contributed by atoms with van der Waals surface area (Å²) in [4.78, 5) is 58.5. The Morgan fingerprint density at radius 2 is 1.60 bits per heavy atom. The van der Waals surface area contributed by atoms with Gasteiger partial charge < -0.3 is 9.47 Å². The van der Waals surface area contributed by atoms with E-state index in [0.29, 0.717) is 16.8 Å². The highest BCUT2D eigenvalue weighted by Gasteiger charge is 2.60. The van der Waals surface area contributed by atoms with E-state index in [1.54, 1.807) is 72.8 Å². The third kappa shape index (κ3) is 4.95. The Labute approximate surface area is 245 Å². The molecule has 0 aliphatic carbocycles. The minimum Gasteiger partial charge on any atom is -0.493 e. The Balaban J connectivity index is 1.40. The molecule has 43 heavy (non-hydrogen) atoms. The van der Waals surface area contributed by atoms with Crippen LogP contribution in [0.3, 0.4) is 0 Å². The van der Waals surface area contributed by atoms with Crippen molar-refractivity contribution in [2.75, 3.05) is 17.1 Å². The molecule has 3 atom stereocenters. The van der Waals surface area contributed by atoms with E-state index >= 15 is 0 Å². The monoisotopic (exact) mass is 579 g/mol. The van der Waals surface area contributed by atoms with Crippen molar-refractivity contribution in [1.82, 2.24) is 0 Å². The number of benzene rings is 4. The lowest BCUT2D eigenvalue weighted by Gasteiger charge is -2.29. The molecule has 2 aliphatic heterocycles. The van der Waals surface area contributed by atoms with Crippen LogP contribution in [0.25, 0.3) is 0 Å². The highest BCUT2D eigenvalue weighted by molar-refractivity contribution is 6.24. The quantitative estimate of drug-likeness (QED) is 0.0956. The van der Waals surface area contributed by atoms with Crippen molar-refractivity contribution in [1.29, 1.82) is 0 Å². The number of hydroxylamine groups is 1. The largest absolute Gasteiger partial charge is 0.493 e. The van der Waals surface area contributed by atoms with Gasteiger partial charge in [-0.2, -0.15) is 0 Å². The number of amides is 2. The fourth-order valence-electron chi connectivity index (χ4n) is 5.35. The first kappa shape index (κ1) is 27.6. The molecule has 0 spiro atoms. The number of methoxy groups -OCH3 is 1. The van der Waals surface area contributed by atoms with E-state index in [-0.39, 0.29) is 22.9 Å². The minimum absolute atomic E-state index is 0.146. The maximum absolute atomic E-state index is 13.9. The van der Waals surface area contributed by atoms with Gasteiger partial charge in [0.2, 0.25) is 5.91 Å². The van der Waals surface area contributed by atoms with Gasteiger partial charge in [-0.3, -0.25) is 24.5 Å². The van der Waals surface area contributed by atoms with E-state index in [2.05, 4.69) is 0 Å². The van der Waals surface area contributed by atoms with Crippen molar-refractivity contribution < 1.29 is 33.6 Å². The number of carbonyl (C=O) groups is 3. The summed E-state index contributed by atoms with van der Waals surface area (Å²) in [6.07, 6.45) is -1.18. The van der Waals surface area contributed by atoms with Crippen molar-refractivity contribution in [2.24, 2.45) is 5.92 Å². The summed E-state index contributed by atoms with van der Waals surface area (Å²) < 4.78 is 11.1. The van der Waals surface area contributed by atoms with Crippen LogP contribution in [0.4, 0.5) is 17.1 Å². The van der Waals surface area contributed by atoms with Gasteiger partial charge in [-0.15, -0.1) is 0 Å². The van der Waals surface area contributed by atoms with Crippen LogP contribution in [0.5, 0.6) is 11.5 Å². The van der Waals surface area contributed by atoms with Crippen LogP contribution in [-0.2, 0) is 14.4 Å². The smallest absolute Gasteiger partial charge is 0.343 e. The number of nitro groups is 1. The fraction of sp³-hybridized carbons (Fsp3) is 0.156. The first-order chi connectivity index (χ1) is 20.8. The van der Waals surface area contributed by atoms with Gasteiger partial charge in [0.25, 0.3) is 11.6 Å². The normalized spacial score (nSPS) is 19.3. The van der Waals surface area contributed by atoms with Gasteiger partial charge >= 0.3 is 5.97 Å². The maximum atomic E-state index is 13.9. The summed E-state index contributed by atoms with van der Waals surface area (Å²) >= 11 is 0. The Morgan fingerprint density at radius 1 is 0.860 bits per heavy atom. The number of nitro benzene ring substituents is 1. The van der Waals surface area contributed by atoms with E-state index in [1.807, 2.05) is 6.92 Å². The molecule has 0 radical (unpaired) electrons. The van der Waals surface area contributed by atoms with E-state index < -0.39 is 40.8 Å². The zero-order valence-electron chi connectivity index (χ0n) is 23.1. The summed E-state index contributed by atoms with van der Waals surface area (Å²) in [6, 6.07) is 25.1. The summed E-state index contributed by atoms with van der Waals surface area (Å²) in [7, 11) is 1.41. The van der Waals surface area contributed by atoms with E-state index in [0.717, 1.165) is 10.5 Å². The Bertz CT molecular complexity index is 1740. The zero-order valence-corrected chi connectivity index (χ0v) is 23.1. The molecular weight excluding hydrogens is 554 g/mol. The van der Waals surface area contributed by atoms with Crippen LogP contribution in [-0.4, -0.2) is 35.9 Å². The average molecular weight is 580 g/mol. The lowest BCUT2D eigenvalue weighted by Crippen LogP contribution is -2.37. The number of hydrogen-bond acceptors (Lipinski definition) is 9. The van der Waals surface area contributed by atoms with Crippen LogP contribution >= 0.6 is 0 Å². The minimum atomic E-state index is -1.18. The number of aryl methyl sites for hydroxylation is 1. The molecule has 2 fully saturated rings. The van der Waals surface area contributed by atoms with Crippen LogP contribution < -0.4 is 19.4 Å². The van der Waals surface area contributed by atoms with E-state index in [9.17, 15) is 24.5 Å². The summed E-state index contributed by atoms with van der Waals surface area (Å²) in [5.41, 5.74) is 2.34. The molecule has 4 aromatic carbocycles. The SMILES string of the molecule is COc1cc([C@@H]2[C@H]3C(=O)N(c4ccc(C)cc4)C(=O)[C@@H]3ON2c2cccc([N+](=O)[O-])c2)ccc1OC(=O)c1ccccc1. The highest BCUT2D eigenvalue weighted by atomic mass is 16.7. The number of carbonyl (C=O) groups excluding carboxylic acids is 3. The van der Waals surface area contributed by atoms with Crippen molar-refractivity contribution >= 4 is 34.8 Å². The molecule has 0 unspecified atom stereocenters. The number of ether oxygens (including phenoxy) is 2. The highest BCUT2D eigenvalue weighted by Crippen LogP contribution is 2.49. The van der Waals surface area contributed by atoms with Crippen LogP contribution in [0.15, 0.2) is 97.1 Å². The Kier molecular flexibility index (Phi) is 7.08. The predicted octanol–water partition coefficient (Wildman–Crippen LogP) is 5.18. The number of anilines is 2. The molecule has 6 rings (SSSR count). The molecule has 2 saturated heterocycles. The molecule has 11 nitrogen and oxygen atoms in total. The van der Waals surface area contributed by atoms with Gasteiger partial charge in [-0.1, -0.05) is 48.0 Å². The average Bonchev–Trinajstić information content (AvgIpc) is 3.53. The van der Waals surface area contributed by atoms with Crippen molar-refractivity contribution in [3.8, 4) is 11.5 Å². The topological polar surface area (TPSA) is 129 Å². The van der Waals surface area contributed by atoms with Gasteiger partial charge in [0.1, 0.15) is 5.92 Å². The van der Waals surface area contributed by atoms with E-state index in [4.69, 9.17) is 14.3 Å². The van der Waals surface area contributed by atoms with Gasteiger partial charge in [0.05, 0.1) is 35.0 Å². The second kappa shape index (κ2) is 11.0. The zero-order chi connectivity index (χ0) is 30.2. The summed E-state index contributed by atoms with van der Waals surface area (Å²) in [6.45, 7) is 1.90. The second-order valence-electron chi connectivity index (χ2n) is 10.1. The third-order valence-electron chi connectivity index (χ3n) is 7.44. The molecule has 2 amide bonds. The number of imide groups is 1. The van der Waals surface area contributed by atoms with Crippen LogP contribution in [0.1, 0.15) is 27.5 Å². The number of fused-ring (bicyclic) bond motifs is 1. The van der Waals surface area contributed by atoms with Gasteiger partial charge in [-0.05, 0) is 55.0 Å². The number of non-ortho nitro benzene ring substituents is 1. The van der Waals surface area contributed by atoms with Crippen LogP contribution in [0, 0.1) is 23.0 Å². The molecule has 0 saturated carbocycles. The standard InChI is InChI=1S/C32H25N3O8/c1-19-11-14-22(15-12-19)33-30(36)27-28(34(43-29(27)31(33)37)23-9-6-10-24(18-23)35(39)40)21-13-16-25(26(17-21)41-2)42-32(38)20-7-4-3-5-8-20/h3-18,27-29H,1-2H3/t27-,28-,29-/m1/s1. The molecule has 2 aliphatic rings. The lowest BCUT2D eigenvalue weighted by atomic mass is 9.90. The molecule has 216 valence electrons. The van der Waals surface area contributed by atoms with E-state index in [1.165, 1.54) is 36.4 Å². The van der Waals surface area contributed by atoms with Crippen molar-refractivity contribution in [3.63, 3.8) is 0 Å². The molecule has 2 heterocycles. The summed E-state index contributed by atoms with van der Waals surface area (Å²) in [5.74, 6) is -2.24. The Hall–Kier alpha value is -5.55. The van der Waals surface area contributed by atoms with Gasteiger partial charge in [-0.25, -0.2) is 14.8 Å². The maximum Gasteiger partial charge on any atom is 0.343 e. The van der Waals surface area contributed by atoms with Crippen LogP contribution in [0.2, 0.25) is 0 Å². The first-order valence-corrected chi connectivity index (χ1v) is 13.4. The lowest BCUT2D eigenvalue weighted by molar-refractivity contribution is -0.384. The fourth-order valence-corrected chi connectivity index (χ4v) is 5.35. The predicted molar refractivity (Wildman–Crippen MR) is 155 cm³/mol. The van der Waals surface area contributed by atoms with Crippen molar-refractivity contribution in [3.05, 3.63) is 124 Å². The first-order valence-electron chi connectivity index (χ1n) is 13.4. The molecule has 0 N–H and O–H groups in total. The Morgan fingerprint density at radius 3 is 2.30 bits per heavy atom. The summed E-state index contributed by atoms with van der Waals surface area (Å²) in [5, 5.41) is 12.9. The number of rotatable bonds is 7. The van der Waals surface area contributed by atoms with Gasteiger partial charge in [0.15, 0.2) is 17.6 Å². The molecule has 0 bridgehead atoms. The molecule has 11 heteroatoms. The van der Waals surface area contributed by atoms with Crippen molar-refractivity contribution in [2.45, 2.75) is 19.1 Å². The molecule has 0 aromatic heterocycles. The molecule has 4 aromatic rings. The second-order valence-corrected chi connectivity index (χ2v) is 10.1. The number of nitrogens with zero attached hydrogens (tertiary/aromatic N) is 3. The number of esters is 1. The number of hydrogen-bond donors (Lipinski definition) is 0. The third-order valence-corrected chi connectivity index (χ3v) is 7.44. The molecular formula is C32H25N3O8.